The van der Waals surface area contributed by atoms with Crippen molar-refractivity contribution in [2.75, 3.05) is 13.1 Å². The average molecular weight is 170 g/mol. The fraction of sp³-hybridized carbons (Fsp3) is 0.500. The highest BCUT2D eigenvalue weighted by molar-refractivity contribution is 5.23. The van der Waals surface area contributed by atoms with Crippen LogP contribution in [-0.2, 0) is 0 Å². The van der Waals surface area contributed by atoms with Gasteiger partial charge in [-0.05, 0) is 13.6 Å². The molecule has 0 bridgehead atoms. The summed E-state index contributed by atoms with van der Waals surface area (Å²) in [7, 11) is 0. The third kappa shape index (κ3) is 61.9. The summed E-state index contributed by atoms with van der Waals surface area (Å²) in [4.78, 5) is 3.49. The van der Waals surface area contributed by atoms with Crippen molar-refractivity contribution in [3.63, 3.8) is 0 Å². The lowest BCUT2D eigenvalue weighted by atomic mass is 10.5. The van der Waals surface area contributed by atoms with E-state index in [1.54, 1.807) is 6.08 Å². The van der Waals surface area contributed by atoms with Gasteiger partial charge in [0.25, 0.3) is 0 Å². The summed E-state index contributed by atoms with van der Waals surface area (Å²) >= 11 is 0. The second-order valence-electron chi connectivity index (χ2n) is 1.50. The smallest absolute Gasteiger partial charge is 0.0560 e. The van der Waals surface area contributed by atoms with Gasteiger partial charge in [0.2, 0.25) is 0 Å². The Kier molecular flexibility index (Phi) is 46.2. The normalized spacial score (nSPS) is 7.33. The lowest BCUT2D eigenvalue weighted by molar-refractivity contribution is 1.25. The molecule has 2 heteroatoms. The highest BCUT2D eigenvalue weighted by atomic mass is 14.6. The standard InChI is InChI=1S/C4H7N.C4H9N.C2H6/c1-3-4-5-2;1-2-3-4-5;1-2/h3H,1-2,4H2;2-3H,4-5H2,1H3;1-2H3/b;3-2-;. The van der Waals surface area contributed by atoms with Crippen LogP contribution in [0.25, 0.3) is 0 Å². The highest BCUT2D eigenvalue weighted by Gasteiger charge is 1.52. The van der Waals surface area contributed by atoms with Crippen LogP contribution in [0.1, 0.15) is 20.8 Å². The number of allylic oxidation sites excluding steroid dienone is 1. The number of nitrogens with zero attached hydrogens (tertiary/aromatic N) is 1. The Morgan fingerprint density at radius 3 is 1.92 bits per heavy atom. The van der Waals surface area contributed by atoms with Gasteiger partial charge in [-0.1, -0.05) is 32.1 Å². The zero-order valence-corrected chi connectivity index (χ0v) is 8.59. The van der Waals surface area contributed by atoms with Gasteiger partial charge in [-0.15, -0.1) is 6.58 Å². The van der Waals surface area contributed by atoms with Crippen LogP contribution in [0.5, 0.6) is 0 Å². The molecule has 0 aliphatic rings. The number of hydrogen-bond acceptors (Lipinski definition) is 2. The van der Waals surface area contributed by atoms with E-state index < -0.39 is 0 Å². The minimum Gasteiger partial charge on any atom is -0.327 e. The van der Waals surface area contributed by atoms with Crippen molar-refractivity contribution in [2.24, 2.45) is 10.7 Å². The predicted octanol–water partition coefficient (Wildman–Crippen LogP) is 2.42. The van der Waals surface area contributed by atoms with Gasteiger partial charge in [-0.3, -0.25) is 4.99 Å². The third-order valence-corrected chi connectivity index (χ3v) is 0.630. The van der Waals surface area contributed by atoms with Crippen LogP contribution in [0.3, 0.4) is 0 Å². The quantitative estimate of drug-likeness (QED) is 0.512. The summed E-state index contributed by atoms with van der Waals surface area (Å²) in [5.41, 5.74) is 5.05. The molecule has 0 aromatic heterocycles. The molecule has 0 saturated heterocycles. The van der Waals surface area contributed by atoms with Gasteiger partial charge in [0.15, 0.2) is 0 Å². The summed E-state index contributed by atoms with van der Waals surface area (Å²) in [5, 5.41) is 0. The highest BCUT2D eigenvalue weighted by Crippen LogP contribution is 1.59. The average Bonchev–Trinajstić information content (AvgIpc) is 2.12. The second-order valence-corrected chi connectivity index (χ2v) is 1.50. The molecule has 0 radical (unpaired) electrons. The van der Waals surface area contributed by atoms with Gasteiger partial charge >= 0.3 is 0 Å². The van der Waals surface area contributed by atoms with Gasteiger partial charge < -0.3 is 5.73 Å². The maximum atomic E-state index is 5.05. The first-order valence-electron chi connectivity index (χ1n) is 4.18. The van der Waals surface area contributed by atoms with E-state index in [1.165, 1.54) is 0 Å². The zero-order chi connectivity index (χ0) is 10.2. The molecule has 0 fully saturated rings. The van der Waals surface area contributed by atoms with E-state index in [9.17, 15) is 0 Å². The molecule has 2 nitrogen and oxygen atoms in total. The molecule has 0 unspecified atom stereocenters. The van der Waals surface area contributed by atoms with E-state index in [0.717, 1.165) is 0 Å². The Morgan fingerprint density at radius 1 is 1.42 bits per heavy atom. The van der Waals surface area contributed by atoms with Crippen molar-refractivity contribution in [2.45, 2.75) is 20.8 Å². The molecule has 72 valence electrons. The molecule has 0 atom stereocenters. The summed E-state index contributed by atoms with van der Waals surface area (Å²) in [6.45, 7) is 13.9. The molecule has 0 aliphatic heterocycles. The van der Waals surface area contributed by atoms with Crippen molar-refractivity contribution in [3.05, 3.63) is 24.8 Å². The molecule has 0 rings (SSSR count). The van der Waals surface area contributed by atoms with Crippen molar-refractivity contribution >= 4 is 6.72 Å². The van der Waals surface area contributed by atoms with Crippen LogP contribution >= 0.6 is 0 Å². The van der Waals surface area contributed by atoms with E-state index in [4.69, 9.17) is 5.73 Å². The first kappa shape index (κ1) is 17.3. The molecule has 12 heavy (non-hydrogen) atoms. The van der Waals surface area contributed by atoms with E-state index in [2.05, 4.69) is 18.3 Å². The zero-order valence-electron chi connectivity index (χ0n) is 8.59. The largest absolute Gasteiger partial charge is 0.327 e. The van der Waals surface area contributed by atoms with E-state index in [1.807, 2.05) is 32.9 Å². The van der Waals surface area contributed by atoms with Crippen LogP contribution in [-0.4, -0.2) is 19.8 Å². The topological polar surface area (TPSA) is 38.4 Å². The molecule has 0 aromatic rings. The van der Waals surface area contributed by atoms with Crippen molar-refractivity contribution in [1.82, 2.24) is 0 Å². The van der Waals surface area contributed by atoms with E-state index >= 15 is 0 Å². The molecule has 0 aromatic carbocycles. The maximum absolute atomic E-state index is 5.05. The lowest BCUT2D eigenvalue weighted by Gasteiger charge is -1.67. The Morgan fingerprint density at radius 2 is 1.92 bits per heavy atom. The molecule has 0 aliphatic carbocycles. The molecule has 0 heterocycles. The van der Waals surface area contributed by atoms with Gasteiger partial charge in [-0.2, -0.15) is 0 Å². The summed E-state index contributed by atoms with van der Waals surface area (Å²) in [5.74, 6) is 0. The minimum atomic E-state index is 0.663. The number of nitrogens with two attached hydrogens (primary N) is 1. The Balaban J connectivity index is -0.000000112. The third-order valence-electron chi connectivity index (χ3n) is 0.630. The molecule has 2 N–H and O–H groups in total. The molecular formula is C10H22N2. The summed E-state index contributed by atoms with van der Waals surface area (Å²) in [6.07, 6.45) is 5.53. The first-order chi connectivity index (χ1) is 5.83. The van der Waals surface area contributed by atoms with Crippen molar-refractivity contribution < 1.29 is 0 Å². The van der Waals surface area contributed by atoms with Crippen LogP contribution < -0.4 is 5.73 Å². The number of hydrogen-bond donors (Lipinski definition) is 1. The van der Waals surface area contributed by atoms with Crippen LogP contribution in [0, 0.1) is 0 Å². The van der Waals surface area contributed by atoms with Crippen LogP contribution in [0.2, 0.25) is 0 Å². The predicted molar refractivity (Wildman–Crippen MR) is 59.8 cm³/mol. The first-order valence-corrected chi connectivity index (χ1v) is 4.18. The molecule has 0 saturated carbocycles. The van der Waals surface area contributed by atoms with E-state index in [0.29, 0.717) is 13.1 Å². The SMILES string of the molecule is C/C=C\CN.C=CCN=C.CC. The summed E-state index contributed by atoms with van der Waals surface area (Å²) in [6, 6.07) is 0. The Bertz CT molecular complexity index is 90.0. The monoisotopic (exact) mass is 170 g/mol. The molecule has 0 spiro atoms. The molecular weight excluding hydrogens is 148 g/mol. The van der Waals surface area contributed by atoms with Crippen LogP contribution in [0.15, 0.2) is 29.8 Å². The Labute approximate surface area is 76.9 Å². The number of aliphatic imine (C=N–C) groups is 1. The van der Waals surface area contributed by atoms with E-state index in [-0.39, 0.29) is 0 Å². The van der Waals surface area contributed by atoms with Gasteiger partial charge in [0.05, 0.1) is 6.54 Å². The number of rotatable bonds is 3. The van der Waals surface area contributed by atoms with Crippen molar-refractivity contribution in [3.8, 4) is 0 Å². The fourth-order valence-corrected chi connectivity index (χ4v) is 0.227. The summed E-state index contributed by atoms with van der Waals surface area (Å²) < 4.78 is 0. The van der Waals surface area contributed by atoms with Gasteiger partial charge in [0.1, 0.15) is 0 Å². The Hall–Kier alpha value is -0.890. The fourth-order valence-electron chi connectivity index (χ4n) is 0.227. The van der Waals surface area contributed by atoms with Crippen LogP contribution in [0.4, 0.5) is 0 Å². The molecule has 0 amide bonds. The lowest BCUT2D eigenvalue weighted by Crippen LogP contribution is -1.90. The maximum Gasteiger partial charge on any atom is 0.0560 e. The van der Waals surface area contributed by atoms with Crippen molar-refractivity contribution in [1.29, 1.82) is 0 Å². The second kappa shape index (κ2) is 32.1. The van der Waals surface area contributed by atoms with Gasteiger partial charge in [-0.25, -0.2) is 0 Å². The minimum absolute atomic E-state index is 0.663. The van der Waals surface area contributed by atoms with Gasteiger partial charge in [0, 0.05) is 6.54 Å².